The summed E-state index contributed by atoms with van der Waals surface area (Å²) in [7, 11) is 2.04. The molecule has 100 valence electrons. The molecule has 0 amide bonds. The summed E-state index contributed by atoms with van der Waals surface area (Å²) in [5.74, 6) is 0.538. The van der Waals surface area contributed by atoms with E-state index in [0.29, 0.717) is 18.5 Å². The van der Waals surface area contributed by atoms with Crippen molar-refractivity contribution in [2.24, 2.45) is 11.7 Å². The van der Waals surface area contributed by atoms with Gasteiger partial charge in [0.1, 0.15) is 5.82 Å². The van der Waals surface area contributed by atoms with Crippen LogP contribution in [0.5, 0.6) is 0 Å². The van der Waals surface area contributed by atoms with Gasteiger partial charge in [0.05, 0.1) is 0 Å². The summed E-state index contributed by atoms with van der Waals surface area (Å²) in [5, 5.41) is 0. The van der Waals surface area contributed by atoms with Gasteiger partial charge in [-0.1, -0.05) is 22.0 Å². The van der Waals surface area contributed by atoms with Gasteiger partial charge >= 0.3 is 0 Å². The monoisotopic (exact) mass is 314 g/mol. The summed E-state index contributed by atoms with van der Waals surface area (Å²) in [4.78, 5) is 2.21. The van der Waals surface area contributed by atoms with Crippen LogP contribution in [0.25, 0.3) is 0 Å². The fraction of sp³-hybridized carbons (Fsp3) is 0.571. The number of benzene rings is 1. The lowest BCUT2D eigenvalue weighted by molar-refractivity contribution is 0.167. The summed E-state index contributed by atoms with van der Waals surface area (Å²) < 4.78 is 14.7. The Morgan fingerprint density at radius 1 is 1.50 bits per heavy atom. The quantitative estimate of drug-likeness (QED) is 0.903. The molecule has 2 atom stereocenters. The van der Waals surface area contributed by atoms with Crippen molar-refractivity contribution in [3.8, 4) is 0 Å². The first-order valence-corrected chi connectivity index (χ1v) is 7.20. The Bertz CT molecular complexity index is 420. The van der Waals surface area contributed by atoms with E-state index in [4.69, 9.17) is 5.73 Å². The molecule has 0 radical (unpaired) electrons. The number of nitrogens with zero attached hydrogens (tertiary/aromatic N) is 1. The van der Waals surface area contributed by atoms with E-state index in [1.54, 1.807) is 0 Å². The largest absolute Gasteiger partial charge is 0.329 e. The number of halogens is 2. The van der Waals surface area contributed by atoms with Gasteiger partial charge in [-0.3, -0.25) is 4.90 Å². The smallest absolute Gasteiger partial charge is 0.129 e. The molecule has 4 heteroatoms. The maximum Gasteiger partial charge on any atom is 0.129 e. The third kappa shape index (κ3) is 2.92. The zero-order valence-electron chi connectivity index (χ0n) is 10.9. The molecule has 2 N–H and O–H groups in total. The number of likely N-dealkylation sites (N-methyl/N-ethyl adjacent to an activating group) is 1. The highest BCUT2D eigenvalue weighted by molar-refractivity contribution is 9.10. The van der Waals surface area contributed by atoms with Crippen LogP contribution in [0.1, 0.15) is 31.4 Å². The molecule has 0 bridgehead atoms. The number of hydrogen-bond acceptors (Lipinski definition) is 2. The molecule has 18 heavy (non-hydrogen) atoms. The first-order chi connectivity index (χ1) is 8.54. The van der Waals surface area contributed by atoms with Gasteiger partial charge in [-0.05, 0) is 44.9 Å². The standard InChI is InChI=1S/C14H20BrFN2/c1-9(12-6-5-11(15)7-13(12)16)18(2)14(8-17)10-3-4-10/h5-7,9-10,14H,3-4,8,17H2,1-2H3. The van der Waals surface area contributed by atoms with Gasteiger partial charge in [-0.2, -0.15) is 0 Å². The Balaban J connectivity index is 2.16. The van der Waals surface area contributed by atoms with Crippen molar-refractivity contribution in [1.29, 1.82) is 0 Å². The van der Waals surface area contributed by atoms with Crippen LogP contribution in [0.4, 0.5) is 4.39 Å². The maximum absolute atomic E-state index is 14.0. The lowest BCUT2D eigenvalue weighted by Gasteiger charge is -2.33. The van der Waals surface area contributed by atoms with E-state index >= 15 is 0 Å². The molecule has 2 unspecified atom stereocenters. The molecule has 0 saturated heterocycles. The lowest BCUT2D eigenvalue weighted by atomic mass is 10.0. The fourth-order valence-corrected chi connectivity index (χ4v) is 2.85. The van der Waals surface area contributed by atoms with Gasteiger partial charge in [-0.15, -0.1) is 0 Å². The SMILES string of the molecule is CC(c1ccc(Br)cc1F)N(C)C(CN)C1CC1. The minimum atomic E-state index is -0.157. The van der Waals surface area contributed by atoms with Crippen LogP contribution in [-0.2, 0) is 0 Å². The molecule has 0 spiro atoms. The van der Waals surface area contributed by atoms with Crippen LogP contribution in [-0.4, -0.2) is 24.5 Å². The van der Waals surface area contributed by atoms with Gasteiger partial charge in [0.2, 0.25) is 0 Å². The Kier molecular flexibility index (Phi) is 4.41. The van der Waals surface area contributed by atoms with Gasteiger partial charge in [0.15, 0.2) is 0 Å². The molecule has 1 fully saturated rings. The molecule has 1 saturated carbocycles. The normalized spacial score (nSPS) is 19.0. The zero-order chi connectivity index (χ0) is 13.3. The van der Waals surface area contributed by atoms with Gasteiger partial charge < -0.3 is 5.73 Å². The highest BCUT2D eigenvalue weighted by atomic mass is 79.9. The minimum absolute atomic E-state index is 0.0484. The van der Waals surface area contributed by atoms with E-state index in [9.17, 15) is 4.39 Å². The van der Waals surface area contributed by atoms with E-state index in [-0.39, 0.29) is 11.9 Å². The third-order valence-corrected chi connectivity index (χ3v) is 4.45. The van der Waals surface area contributed by atoms with Gasteiger partial charge in [-0.25, -0.2) is 4.39 Å². The predicted octanol–water partition coefficient (Wildman–Crippen LogP) is 3.32. The van der Waals surface area contributed by atoms with Crippen LogP contribution >= 0.6 is 15.9 Å². The number of hydrogen-bond donors (Lipinski definition) is 1. The molecule has 1 aromatic carbocycles. The molecule has 0 aromatic heterocycles. The molecule has 1 aliphatic carbocycles. The lowest BCUT2D eigenvalue weighted by Crippen LogP contribution is -2.41. The summed E-state index contributed by atoms with van der Waals surface area (Å²) in [6.07, 6.45) is 2.50. The van der Waals surface area contributed by atoms with Gasteiger partial charge in [0, 0.05) is 28.7 Å². The fourth-order valence-electron chi connectivity index (χ4n) is 2.52. The van der Waals surface area contributed by atoms with E-state index in [1.165, 1.54) is 18.9 Å². The second kappa shape index (κ2) is 5.68. The first kappa shape index (κ1) is 14.0. The summed E-state index contributed by atoms with van der Waals surface area (Å²) in [5.41, 5.74) is 6.59. The molecule has 2 nitrogen and oxygen atoms in total. The summed E-state index contributed by atoms with van der Waals surface area (Å²) in [6, 6.07) is 5.67. The van der Waals surface area contributed by atoms with Crippen molar-refractivity contribution in [2.45, 2.75) is 31.8 Å². The molecular weight excluding hydrogens is 295 g/mol. The van der Waals surface area contributed by atoms with E-state index in [2.05, 4.69) is 20.8 Å². The van der Waals surface area contributed by atoms with E-state index < -0.39 is 0 Å². The van der Waals surface area contributed by atoms with Crippen LogP contribution in [0.2, 0.25) is 0 Å². The van der Waals surface area contributed by atoms with Crippen molar-refractivity contribution in [1.82, 2.24) is 4.90 Å². The Labute approximate surface area is 116 Å². The van der Waals surface area contributed by atoms with Crippen LogP contribution in [0.15, 0.2) is 22.7 Å². The van der Waals surface area contributed by atoms with Crippen molar-refractivity contribution in [3.05, 3.63) is 34.1 Å². The van der Waals surface area contributed by atoms with E-state index in [0.717, 1.165) is 10.0 Å². The predicted molar refractivity (Wildman–Crippen MR) is 75.8 cm³/mol. The van der Waals surface area contributed by atoms with Crippen molar-refractivity contribution >= 4 is 15.9 Å². The first-order valence-electron chi connectivity index (χ1n) is 6.41. The molecule has 1 aromatic rings. The molecule has 0 heterocycles. The Morgan fingerprint density at radius 3 is 2.67 bits per heavy atom. The van der Waals surface area contributed by atoms with Crippen LogP contribution in [0.3, 0.4) is 0 Å². The Hall–Kier alpha value is -0.450. The highest BCUT2D eigenvalue weighted by Gasteiger charge is 2.35. The van der Waals surface area contributed by atoms with E-state index in [1.807, 2.05) is 26.1 Å². The Morgan fingerprint density at radius 2 is 2.17 bits per heavy atom. The van der Waals surface area contributed by atoms with Crippen LogP contribution < -0.4 is 5.73 Å². The second-order valence-electron chi connectivity index (χ2n) is 5.15. The molecule has 1 aliphatic rings. The van der Waals surface area contributed by atoms with Crippen molar-refractivity contribution in [3.63, 3.8) is 0 Å². The maximum atomic E-state index is 14.0. The second-order valence-corrected chi connectivity index (χ2v) is 6.06. The average molecular weight is 315 g/mol. The number of rotatable bonds is 5. The summed E-state index contributed by atoms with van der Waals surface area (Å²) in [6.45, 7) is 2.68. The minimum Gasteiger partial charge on any atom is -0.329 e. The van der Waals surface area contributed by atoms with Gasteiger partial charge in [0.25, 0.3) is 0 Å². The molecule has 2 rings (SSSR count). The third-order valence-electron chi connectivity index (χ3n) is 3.95. The number of nitrogens with two attached hydrogens (primary N) is 1. The highest BCUT2D eigenvalue weighted by Crippen LogP contribution is 2.37. The van der Waals surface area contributed by atoms with Crippen molar-refractivity contribution < 1.29 is 4.39 Å². The molecular formula is C14H20BrFN2. The summed E-state index contributed by atoms with van der Waals surface area (Å²) >= 11 is 3.28. The van der Waals surface area contributed by atoms with Crippen LogP contribution in [0, 0.1) is 11.7 Å². The molecule has 0 aliphatic heterocycles. The topological polar surface area (TPSA) is 29.3 Å². The van der Waals surface area contributed by atoms with Crippen molar-refractivity contribution in [2.75, 3.05) is 13.6 Å². The average Bonchev–Trinajstić information content (AvgIpc) is 3.13. The zero-order valence-corrected chi connectivity index (χ0v) is 12.5.